The molecule has 1 aliphatic rings. The largest absolute Gasteiger partial charge is 0.503 e. The first-order chi connectivity index (χ1) is 14.4. The molecule has 0 saturated carbocycles. The van der Waals surface area contributed by atoms with Crippen molar-refractivity contribution in [2.45, 2.75) is 19.4 Å². The molecule has 154 valence electrons. The van der Waals surface area contributed by atoms with Crippen LogP contribution in [0.3, 0.4) is 0 Å². The average molecular weight is 470 g/mol. The van der Waals surface area contributed by atoms with Crippen LogP contribution in [0.2, 0.25) is 0 Å². The molecule has 1 aliphatic heterocycles. The molecule has 4 rings (SSSR count). The number of ether oxygens (including phenoxy) is 1. The number of rotatable bonds is 6. The topological polar surface area (TPSA) is 80.0 Å². The summed E-state index contributed by atoms with van der Waals surface area (Å²) in [7, 11) is 1.57. The molecule has 30 heavy (non-hydrogen) atoms. The lowest BCUT2D eigenvalue weighted by molar-refractivity contribution is -0.129. The van der Waals surface area contributed by atoms with Crippen molar-refractivity contribution in [3.8, 4) is 5.75 Å². The highest BCUT2D eigenvalue weighted by Gasteiger charge is 2.44. The van der Waals surface area contributed by atoms with Crippen LogP contribution < -0.4 is 4.74 Å². The maximum atomic E-state index is 13.4. The van der Waals surface area contributed by atoms with E-state index < -0.39 is 23.5 Å². The standard InChI is InChI=1S/C23H20BrNO5/c1-3-10-25-20(13-4-7-16(29-2)8-5-13)19(22(27)23(25)28)21(26)18-12-14-11-15(24)6-9-17(14)30-18/h4-9,11-12,20,27H,3,10H2,1-2H3. The predicted molar refractivity (Wildman–Crippen MR) is 116 cm³/mol. The fraction of sp³-hybridized carbons (Fsp3) is 0.217. The van der Waals surface area contributed by atoms with Crippen LogP contribution in [-0.2, 0) is 4.79 Å². The van der Waals surface area contributed by atoms with Crippen molar-refractivity contribution in [2.75, 3.05) is 13.7 Å². The fourth-order valence-corrected chi connectivity index (χ4v) is 4.13. The van der Waals surface area contributed by atoms with Crippen molar-refractivity contribution < 1.29 is 23.8 Å². The van der Waals surface area contributed by atoms with E-state index in [9.17, 15) is 14.7 Å². The Balaban J connectivity index is 1.80. The maximum absolute atomic E-state index is 13.4. The third-order valence-electron chi connectivity index (χ3n) is 5.15. The number of fused-ring (bicyclic) bond motifs is 1. The molecule has 0 radical (unpaired) electrons. The lowest BCUT2D eigenvalue weighted by Gasteiger charge is -2.26. The molecule has 0 saturated heterocycles. The second-order valence-corrected chi connectivity index (χ2v) is 7.97. The first kappa shape index (κ1) is 20.2. The van der Waals surface area contributed by atoms with Gasteiger partial charge in [0.05, 0.1) is 18.7 Å². The number of aliphatic hydroxyl groups is 1. The van der Waals surface area contributed by atoms with Crippen molar-refractivity contribution in [1.82, 2.24) is 4.90 Å². The van der Waals surface area contributed by atoms with E-state index in [1.54, 1.807) is 43.5 Å². The molecule has 1 amide bonds. The summed E-state index contributed by atoms with van der Waals surface area (Å²) < 4.78 is 11.8. The molecule has 2 heterocycles. The number of Topliss-reactive ketones (excluding diaryl/α,β-unsaturated/α-hetero) is 1. The van der Waals surface area contributed by atoms with Gasteiger partial charge in [-0.3, -0.25) is 9.59 Å². The number of nitrogens with zero attached hydrogens (tertiary/aromatic N) is 1. The summed E-state index contributed by atoms with van der Waals surface area (Å²) in [6, 6.07) is 13.5. The number of furan rings is 1. The van der Waals surface area contributed by atoms with Crippen LogP contribution in [-0.4, -0.2) is 35.4 Å². The Bertz CT molecular complexity index is 1160. The maximum Gasteiger partial charge on any atom is 0.290 e. The van der Waals surface area contributed by atoms with Gasteiger partial charge in [-0.1, -0.05) is 35.0 Å². The van der Waals surface area contributed by atoms with Crippen LogP contribution in [0.15, 0.2) is 68.8 Å². The molecule has 0 aliphatic carbocycles. The molecule has 0 fully saturated rings. The van der Waals surface area contributed by atoms with Crippen molar-refractivity contribution >= 4 is 38.6 Å². The van der Waals surface area contributed by atoms with Gasteiger partial charge in [0.1, 0.15) is 11.3 Å². The molecule has 6 nitrogen and oxygen atoms in total. The average Bonchev–Trinajstić information content (AvgIpc) is 3.28. The second-order valence-electron chi connectivity index (χ2n) is 7.06. The summed E-state index contributed by atoms with van der Waals surface area (Å²) in [6.07, 6.45) is 0.686. The van der Waals surface area contributed by atoms with Crippen molar-refractivity contribution in [3.05, 3.63) is 75.7 Å². The summed E-state index contributed by atoms with van der Waals surface area (Å²) >= 11 is 3.40. The number of aliphatic hydroxyl groups excluding tert-OH is 1. The molecule has 0 bridgehead atoms. The molecule has 3 aromatic rings. The molecule has 7 heteroatoms. The van der Waals surface area contributed by atoms with Crippen molar-refractivity contribution in [2.24, 2.45) is 0 Å². The van der Waals surface area contributed by atoms with Gasteiger partial charge < -0.3 is 19.2 Å². The van der Waals surface area contributed by atoms with Gasteiger partial charge in [0.25, 0.3) is 5.91 Å². The monoisotopic (exact) mass is 469 g/mol. The van der Waals surface area contributed by atoms with Gasteiger partial charge in [-0.25, -0.2) is 0 Å². The lowest BCUT2D eigenvalue weighted by atomic mass is 9.95. The number of amides is 1. The minimum absolute atomic E-state index is 0.0248. The smallest absolute Gasteiger partial charge is 0.290 e. The zero-order valence-corrected chi connectivity index (χ0v) is 18.1. The zero-order chi connectivity index (χ0) is 21.4. The Morgan fingerprint density at radius 2 is 1.93 bits per heavy atom. The number of hydrogen-bond donors (Lipinski definition) is 1. The van der Waals surface area contributed by atoms with Gasteiger partial charge in [-0.15, -0.1) is 0 Å². The summed E-state index contributed by atoms with van der Waals surface area (Å²) in [5.74, 6) is -0.855. The lowest BCUT2D eigenvalue weighted by Crippen LogP contribution is -2.31. The number of carbonyl (C=O) groups is 2. The molecule has 1 unspecified atom stereocenters. The SMILES string of the molecule is CCCN1C(=O)C(O)=C(C(=O)c2cc3cc(Br)ccc3o2)C1c1ccc(OC)cc1. The summed E-state index contributed by atoms with van der Waals surface area (Å²) in [5.41, 5.74) is 1.29. The Kier molecular flexibility index (Phi) is 5.39. The minimum atomic E-state index is -0.698. The van der Waals surface area contributed by atoms with Crippen LogP contribution in [0.1, 0.15) is 35.5 Å². The highest BCUT2D eigenvalue weighted by Crippen LogP contribution is 2.40. The number of methoxy groups -OCH3 is 1. The second kappa shape index (κ2) is 7.99. The van der Waals surface area contributed by atoms with Gasteiger partial charge in [0, 0.05) is 16.4 Å². The minimum Gasteiger partial charge on any atom is -0.503 e. The van der Waals surface area contributed by atoms with E-state index in [1.165, 1.54) is 4.90 Å². The molecular formula is C23H20BrNO5. The zero-order valence-electron chi connectivity index (χ0n) is 16.5. The quantitative estimate of drug-likeness (QED) is 0.502. The Morgan fingerprint density at radius 3 is 2.60 bits per heavy atom. The number of ketones is 1. The van der Waals surface area contributed by atoms with E-state index in [2.05, 4.69) is 15.9 Å². The van der Waals surface area contributed by atoms with Gasteiger partial charge >= 0.3 is 0 Å². The Hall–Kier alpha value is -3.06. The first-order valence-corrected chi connectivity index (χ1v) is 10.4. The number of halogens is 1. The van der Waals surface area contributed by atoms with Gasteiger partial charge in [-0.05, 0) is 48.4 Å². The molecule has 1 N–H and O–H groups in total. The molecular weight excluding hydrogens is 450 g/mol. The summed E-state index contributed by atoms with van der Waals surface area (Å²) in [4.78, 5) is 27.7. The van der Waals surface area contributed by atoms with E-state index in [0.29, 0.717) is 29.9 Å². The van der Waals surface area contributed by atoms with Crippen LogP contribution in [0.25, 0.3) is 11.0 Å². The van der Waals surface area contributed by atoms with E-state index >= 15 is 0 Å². The molecule has 0 spiro atoms. The summed E-state index contributed by atoms with van der Waals surface area (Å²) in [5, 5.41) is 11.4. The highest BCUT2D eigenvalue weighted by molar-refractivity contribution is 9.10. The molecule has 2 aromatic carbocycles. The van der Waals surface area contributed by atoms with Gasteiger partial charge in [-0.2, -0.15) is 0 Å². The van der Waals surface area contributed by atoms with Crippen LogP contribution in [0.5, 0.6) is 5.75 Å². The predicted octanol–water partition coefficient (Wildman–Crippen LogP) is 5.19. The van der Waals surface area contributed by atoms with Crippen molar-refractivity contribution in [1.29, 1.82) is 0 Å². The van der Waals surface area contributed by atoms with Crippen molar-refractivity contribution in [3.63, 3.8) is 0 Å². The van der Waals surface area contributed by atoms with Gasteiger partial charge in [0.15, 0.2) is 11.5 Å². The first-order valence-electron chi connectivity index (χ1n) is 9.56. The highest BCUT2D eigenvalue weighted by atomic mass is 79.9. The van der Waals surface area contributed by atoms with Crippen LogP contribution in [0.4, 0.5) is 0 Å². The number of hydrogen-bond acceptors (Lipinski definition) is 5. The third kappa shape index (κ3) is 3.39. The van der Waals surface area contributed by atoms with Crippen LogP contribution in [0, 0.1) is 0 Å². The van der Waals surface area contributed by atoms with Gasteiger partial charge in [0.2, 0.25) is 5.78 Å². The third-order valence-corrected chi connectivity index (χ3v) is 5.64. The van der Waals surface area contributed by atoms with E-state index in [-0.39, 0.29) is 11.3 Å². The molecule has 1 aromatic heterocycles. The fourth-order valence-electron chi connectivity index (χ4n) is 3.75. The van der Waals surface area contributed by atoms with E-state index in [4.69, 9.17) is 9.15 Å². The Morgan fingerprint density at radius 1 is 1.20 bits per heavy atom. The van der Waals surface area contributed by atoms with Crippen LogP contribution >= 0.6 is 15.9 Å². The van der Waals surface area contributed by atoms with E-state index in [0.717, 1.165) is 9.86 Å². The normalized spacial score (nSPS) is 16.6. The number of carbonyl (C=O) groups excluding carboxylic acids is 2. The van der Waals surface area contributed by atoms with E-state index in [1.807, 2.05) is 19.1 Å². The molecule has 1 atom stereocenters. The number of benzene rings is 2. The summed E-state index contributed by atoms with van der Waals surface area (Å²) in [6.45, 7) is 2.34. The Labute approximate surface area is 181 Å².